The first kappa shape index (κ1) is 15.3. The molecule has 1 aromatic rings. The molecule has 5 nitrogen and oxygen atoms in total. The van der Waals surface area contributed by atoms with Gasteiger partial charge in [-0.05, 0) is 24.1 Å². The van der Waals surface area contributed by atoms with Gasteiger partial charge >= 0.3 is 0 Å². The summed E-state index contributed by atoms with van der Waals surface area (Å²) in [5, 5.41) is 11.1. The molecule has 0 unspecified atom stereocenters. The van der Waals surface area contributed by atoms with Crippen molar-refractivity contribution in [1.82, 2.24) is 5.32 Å². The normalized spacial score (nSPS) is 20.0. The molecule has 2 rings (SSSR count). The molecule has 0 spiro atoms. The van der Waals surface area contributed by atoms with E-state index in [0.29, 0.717) is 11.6 Å². The fourth-order valence-corrected chi connectivity index (χ4v) is 2.69. The summed E-state index contributed by atoms with van der Waals surface area (Å²) < 4.78 is 0. The van der Waals surface area contributed by atoms with Crippen molar-refractivity contribution in [1.29, 1.82) is 0 Å². The number of benzene rings is 1. The van der Waals surface area contributed by atoms with Crippen molar-refractivity contribution < 1.29 is 4.79 Å². The topological polar surface area (TPSA) is 57.1 Å². The van der Waals surface area contributed by atoms with Crippen LogP contribution in [0, 0.1) is 0 Å². The van der Waals surface area contributed by atoms with Crippen LogP contribution in [0.25, 0.3) is 0 Å². The fourth-order valence-electron chi connectivity index (χ4n) is 1.77. The second-order valence-corrected chi connectivity index (χ2v) is 5.95. The molecule has 1 heterocycles. The predicted octanol–water partition coefficient (Wildman–Crippen LogP) is 2.25. The summed E-state index contributed by atoms with van der Waals surface area (Å²) >= 11 is 1.38. The minimum Gasteiger partial charge on any atom is -0.378 e. The van der Waals surface area contributed by atoms with Crippen molar-refractivity contribution in [3.05, 3.63) is 42.5 Å². The summed E-state index contributed by atoms with van der Waals surface area (Å²) in [4.78, 5) is 13.6. The molecule has 1 aliphatic rings. The molecular weight excluding hydrogens is 284 g/mol. The van der Waals surface area contributed by atoms with E-state index in [-0.39, 0.29) is 11.2 Å². The van der Waals surface area contributed by atoms with Gasteiger partial charge in [-0.3, -0.25) is 4.79 Å². The molecule has 6 heteroatoms. The minimum absolute atomic E-state index is 0.0378. The van der Waals surface area contributed by atoms with E-state index >= 15 is 0 Å². The lowest BCUT2D eigenvalue weighted by molar-refractivity contribution is -0.118. The number of hydrogen-bond donors (Lipinski definition) is 1. The van der Waals surface area contributed by atoms with Crippen LogP contribution in [0.5, 0.6) is 0 Å². The van der Waals surface area contributed by atoms with Gasteiger partial charge in [0.2, 0.25) is 5.91 Å². The lowest BCUT2D eigenvalue weighted by Crippen LogP contribution is -2.24. The van der Waals surface area contributed by atoms with E-state index in [2.05, 4.69) is 22.1 Å². The van der Waals surface area contributed by atoms with Gasteiger partial charge in [0.25, 0.3) is 0 Å². The summed E-state index contributed by atoms with van der Waals surface area (Å²) in [7, 11) is 3.99. The highest BCUT2D eigenvalue weighted by atomic mass is 32.2. The predicted molar refractivity (Wildman–Crippen MR) is 90.1 cm³/mol. The molecule has 0 radical (unpaired) electrons. The van der Waals surface area contributed by atoms with Crippen LogP contribution in [0.2, 0.25) is 0 Å². The van der Waals surface area contributed by atoms with Crippen LogP contribution in [-0.2, 0) is 4.79 Å². The van der Waals surface area contributed by atoms with Gasteiger partial charge in [-0.1, -0.05) is 30.0 Å². The third-order valence-electron chi connectivity index (χ3n) is 2.92. The van der Waals surface area contributed by atoms with Crippen LogP contribution in [-0.4, -0.2) is 36.6 Å². The van der Waals surface area contributed by atoms with E-state index in [0.717, 1.165) is 11.3 Å². The molecule has 1 saturated heterocycles. The smallest absolute Gasteiger partial charge is 0.239 e. The van der Waals surface area contributed by atoms with Gasteiger partial charge < -0.3 is 10.2 Å². The van der Waals surface area contributed by atoms with Gasteiger partial charge in [0.1, 0.15) is 0 Å². The lowest BCUT2D eigenvalue weighted by atomic mass is 10.2. The summed E-state index contributed by atoms with van der Waals surface area (Å²) in [6.07, 6.45) is 4.03. The molecule has 21 heavy (non-hydrogen) atoms. The van der Waals surface area contributed by atoms with Crippen molar-refractivity contribution in [3.63, 3.8) is 0 Å². The number of carbonyl (C=O) groups is 1. The van der Waals surface area contributed by atoms with Gasteiger partial charge in [-0.25, -0.2) is 0 Å². The number of amidine groups is 1. The number of hydrogen-bond acceptors (Lipinski definition) is 5. The van der Waals surface area contributed by atoms with E-state index in [4.69, 9.17) is 0 Å². The van der Waals surface area contributed by atoms with Crippen LogP contribution >= 0.6 is 11.8 Å². The first-order valence-corrected chi connectivity index (χ1v) is 7.45. The van der Waals surface area contributed by atoms with E-state index in [9.17, 15) is 4.79 Å². The van der Waals surface area contributed by atoms with Crippen LogP contribution < -0.4 is 10.2 Å². The van der Waals surface area contributed by atoms with Crippen LogP contribution in [0.1, 0.15) is 12.0 Å². The number of rotatable bonds is 5. The molecule has 1 atom stereocenters. The Hall–Kier alpha value is -2.08. The molecule has 110 valence electrons. The molecule has 1 aromatic carbocycles. The summed E-state index contributed by atoms with van der Waals surface area (Å²) in [5.41, 5.74) is 2.09. The third-order valence-corrected chi connectivity index (χ3v) is 4.02. The Morgan fingerprint density at radius 2 is 2.10 bits per heavy atom. The molecule has 1 fully saturated rings. The minimum atomic E-state index is -0.143. The van der Waals surface area contributed by atoms with Gasteiger partial charge in [-0.15, -0.1) is 11.7 Å². The van der Waals surface area contributed by atoms with E-state index in [1.807, 2.05) is 43.3 Å². The number of anilines is 1. The summed E-state index contributed by atoms with van der Waals surface area (Å²) in [5.74, 6) is -0.0378. The van der Waals surface area contributed by atoms with Crippen molar-refractivity contribution in [3.8, 4) is 0 Å². The van der Waals surface area contributed by atoms with Crippen molar-refractivity contribution in [2.45, 2.75) is 11.7 Å². The maximum atomic E-state index is 11.6. The largest absolute Gasteiger partial charge is 0.378 e. The average molecular weight is 302 g/mol. The highest BCUT2D eigenvalue weighted by molar-refractivity contribution is 8.15. The van der Waals surface area contributed by atoms with Crippen molar-refractivity contribution in [2.24, 2.45) is 10.2 Å². The molecular formula is C15H18N4OS. The molecule has 1 aliphatic heterocycles. The fraction of sp³-hybridized carbons (Fsp3) is 0.267. The van der Waals surface area contributed by atoms with E-state index in [1.54, 1.807) is 12.3 Å². The number of carbonyl (C=O) groups excluding carboxylic acids is 1. The highest BCUT2D eigenvalue weighted by Crippen LogP contribution is 2.22. The zero-order valence-corrected chi connectivity index (χ0v) is 12.9. The Kier molecular flexibility index (Phi) is 5.16. The maximum Gasteiger partial charge on any atom is 0.239 e. The zero-order valence-electron chi connectivity index (χ0n) is 12.1. The maximum absolute atomic E-state index is 11.6. The Morgan fingerprint density at radius 1 is 1.38 bits per heavy atom. The number of thioether (sulfide) groups is 1. The Labute approximate surface area is 128 Å². The quantitative estimate of drug-likeness (QED) is 0.515. The second kappa shape index (κ2) is 7.08. The second-order valence-electron chi connectivity index (χ2n) is 4.76. The number of amides is 1. The Bertz CT molecular complexity index is 578. The van der Waals surface area contributed by atoms with Gasteiger partial charge in [0.05, 0.1) is 11.5 Å². The van der Waals surface area contributed by atoms with Gasteiger partial charge in [0, 0.05) is 19.8 Å². The summed E-state index contributed by atoms with van der Waals surface area (Å²) in [6.45, 7) is 3.64. The standard InChI is InChI=1S/C15H18N4OS/c1-4-5-13-14(20)17-15(21-13)18-16-10-11-6-8-12(9-7-11)19(2)3/h4,6-10,13H,1,5H2,2-3H3,(H,17,18,20)/b16-10+/t13-/m0/s1. The lowest BCUT2D eigenvalue weighted by Gasteiger charge is -2.11. The van der Waals surface area contributed by atoms with Gasteiger partial charge in [0.15, 0.2) is 5.17 Å². The number of allylic oxidation sites excluding steroid dienone is 1. The monoisotopic (exact) mass is 302 g/mol. The summed E-state index contributed by atoms with van der Waals surface area (Å²) in [6, 6.07) is 7.97. The average Bonchev–Trinajstić information content (AvgIpc) is 2.80. The first-order chi connectivity index (χ1) is 10.1. The van der Waals surface area contributed by atoms with Crippen LogP contribution in [0.4, 0.5) is 5.69 Å². The highest BCUT2D eigenvalue weighted by Gasteiger charge is 2.28. The van der Waals surface area contributed by atoms with Crippen molar-refractivity contribution >= 4 is 34.7 Å². The Balaban J connectivity index is 1.97. The SMILES string of the molecule is C=CC[C@@H]1S/C(=N/N=C/c2ccc(N(C)C)cc2)NC1=O. The van der Waals surface area contributed by atoms with E-state index < -0.39 is 0 Å². The number of nitrogens with zero attached hydrogens (tertiary/aromatic N) is 3. The first-order valence-electron chi connectivity index (χ1n) is 6.57. The number of nitrogens with one attached hydrogen (secondary N) is 1. The van der Waals surface area contributed by atoms with Gasteiger partial charge in [-0.2, -0.15) is 5.10 Å². The van der Waals surface area contributed by atoms with Crippen LogP contribution in [0.3, 0.4) is 0 Å². The third kappa shape index (κ3) is 4.19. The molecule has 0 bridgehead atoms. The van der Waals surface area contributed by atoms with Crippen molar-refractivity contribution in [2.75, 3.05) is 19.0 Å². The molecule has 1 amide bonds. The molecule has 0 saturated carbocycles. The molecule has 1 N–H and O–H groups in total. The Morgan fingerprint density at radius 3 is 2.71 bits per heavy atom. The zero-order chi connectivity index (χ0) is 15.2. The van der Waals surface area contributed by atoms with Crippen LogP contribution in [0.15, 0.2) is 47.1 Å². The molecule has 0 aliphatic carbocycles. The molecule has 0 aromatic heterocycles. The van der Waals surface area contributed by atoms with E-state index in [1.165, 1.54) is 11.8 Å².